The molecular weight excluding hydrogens is 264 g/mol. The van der Waals surface area contributed by atoms with Crippen LogP contribution in [-0.4, -0.2) is 9.91 Å². The highest BCUT2D eigenvalue weighted by atomic mass is 32.1. The molecule has 6 nitrogen and oxygen atoms in total. The molecule has 0 unspecified atom stereocenters. The van der Waals surface area contributed by atoms with Crippen LogP contribution >= 0.6 is 11.3 Å². The van der Waals surface area contributed by atoms with Crippen LogP contribution in [0.5, 0.6) is 0 Å². The van der Waals surface area contributed by atoms with Gasteiger partial charge in [-0.25, -0.2) is 4.98 Å². The fourth-order valence-electron chi connectivity index (χ4n) is 1.58. The highest BCUT2D eigenvalue weighted by Crippen LogP contribution is 2.25. The molecule has 19 heavy (non-hydrogen) atoms. The number of nitro groups is 1. The minimum atomic E-state index is -0.504. The molecule has 0 bridgehead atoms. The molecule has 0 radical (unpaired) electrons. The first-order valence-corrected chi connectivity index (χ1v) is 6.31. The van der Waals surface area contributed by atoms with E-state index in [9.17, 15) is 10.1 Å². The molecule has 0 fully saturated rings. The minimum absolute atomic E-state index is 0.106. The summed E-state index contributed by atoms with van der Waals surface area (Å²) in [5, 5.41) is 25.5. The van der Waals surface area contributed by atoms with Gasteiger partial charge in [-0.15, -0.1) is 11.3 Å². The van der Waals surface area contributed by atoms with E-state index in [1.165, 1.54) is 23.5 Å². The van der Waals surface area contributed by atoms with E-state index in [2.05, 4.69) is 10.3 Å². The number of aromatic nitrogens is 1. The smallest absolute Gasteiger partial charge is 0.293 e. The van der Waals surface area contributed by atoms with Crippen molar-refractivity contribution in [1.29, 1.82) is 5.26 Å². The monoisotopic (exact) mass is 274 g/mol. The van der Waals surface area contributed by atoms with Gasteiger partial charge in [0, 0.05) is 11.4 Å². The lowest BCUT2D eigenvalue weighted by atomic mass is 10.2. The van der Waals surface area contributed by atoms with Gasteiger partial charge in [0.1, 0.15) is 5.69 Å². The highest BCUT2D eigenvalue weighted by molar-refractivity contribution is 7.09. The summed E-state index contributed by atoms with van der Waals surface area (Å²) in [5.41, 5.74) is 1.38. The Morgan fingerprint density at radius 1 is 1.58 bits per heavy atom. The summed E-state index contributed by atoms with van der Waals surface area (Å²) in [6.45, 7) is 2.31. The molecule has 0 amide bonds. The Morgan fingerprint density at radius 2 is 2.37 bits per heavy atom. The molecular formula is C12H10N4O2S. The van der Waals surface area contributed by atoms with Gasteiger partial charge in [-0.05, 0) is 19.1 Å². The number of nitrogens with one attached hydrogen (secondary N) is 1. The SMILES string of the molecule is Cc1nc(CNc2ccc(C#N)cc2[N+](=O)[O-])cs1. The van der Waals surface area contributed by atoms with Gasteiger partial charge in [-0.1, -0.05) is 0 Å². The van der Waals surface area contributed by atoms with Crippen molar-refractivity contribution < 1.29 is 4.92 Å². The van der Waals surface area contributed by atoms with Crippen LogP contribution in [0, 0.1) is 28.4 Å². The third kappa shape index (κ3) is 3.05. The lowest BCUT2D eigenvalue weighted by Crippen LogP contribution is -2.03. The Labute approximate surface area is 113 Å². The maximum absolute atomic E-state index is 10.9. The van der Waals surface area contributed by atoms with Crippen LogP contribution in [0.2, 0.25) is 0 Å². The summed E-state index contributed by atoms with van der Waals surface area (Å²) in [4.78, 5) is 14.7. The van der Waals surface area contributed by atoms with Gasteiger partial charge in [0.2, 0.25) is 0 Å². The number of nitro benzene ring substituents is 1. The molecule has 7 heteroatoms. The summed E-state index contributed by atoms with van der Waals surface area (Å²) >= 11 is 1.53. The van der Waals surface area contributed by atoms with Gasteiger partial charge in [-0.3, -0.25) is 10.1 Å². The third-order valence-electron chi connectivity index (χ3n) is 2.45. The first-order valence-electron chi connectivity index (χ1n) is 5.43. The van der Waals surface area contributed by atoms with Gasteiger partial charge in [0.25, 0.3) is 5.69 Å². The number of hydrogen-bond acceptors (Lipinski definition) is 6. The Bertz CT molecular complexity index is 660. The lowest BCUT2D eigenvalue weighted by Gasteiger charge is -2.05. The molecule has 1 aromatic carbocycles. The summed E-state index contributed by atoms with van der Waals surface area (Å²) in [6, 6.07) is 6.22. The molecule has 1 N–H and O–H groups in total. The molecule has 0 saturated heterocycles. The molecule has 0 saturated carbocycles. The van der Waals surface area contributed by atoms with E-state index in [1.807, 2.05) is 18.4 Å². The van der Waals surface area contributed by atoms with Crippen molar-refractivity contribution in [2.75, 3.05) is 5.32 Å². The predicted molar refractivity (Wildman–Crippen MR) is 72.0 cm³/mol. The molecule has 0 spiro atoms. The molecule has 0 aliphatic rings. The van der Waals surface area contributed by atoms with Crippen molar-refractivity contribution in [3.05, 3.63) is 50.0 Å². The summed E-state index contributed by atoms with van der Waals surface area (Å²) in [5.74, 6) is 0. The van der Waals surface area contributed by atoms with Crippen molar-refractivity contribution in [1.82, 2.24) is 4.98 Å². The van der Waals surface area contributed by atoms with Crippen LogP contribution in [0.1, 0.15) is 16.3 Å². The number of anilines is 1. The molecule has 0 aliphatic heterocycles. The molecule has 1 aromatic heterocycles. The second-order valence-electron chi connectivity index (χ2n) is 3.81. The number of nitrogens with zero attached hydrogens (tertiary/aromatic N) is 3. The second kappa shape index (κ2) is 5.46. The molecule has 96 valence electrons. The fraction of sp³-hybridized carbons (Fsp3) is 0.167. The summed E-state index contributed by atoms with van der Waals surface area (Å²) in [7, 11) is 0. The van der Waals surface area contributed by atoms with Crippen LogP contribution < -0.4 is 5.32 Å². The van der Waals surface area contributed by atoms with Gasteiger partial charge >= 0.3 is 0 Å². The molecule has 1 heterocycles. The van der Waals surface area contributed by atoms with Crippen molar-refractivity contribution >= 4 is 22.7 Å². The largest absolute Gasteiger partial charge is 0.374 e. The Kier molecular flexibility index (Phi) is 3.73. The number of nitriles is 1. The topological polar surface area (TPSA) is 91.8 Å². The average molecular weight is 274 g/mol. The number of aryl methyl sites for hydroxylation is 1. The van der Waals surface area contributed by atoms with Gasteiger partial charge in [-0.2, -0.15) is 5.26 Å². The first kappa shape index (κ1) is 13.0. The summed E-state index contributed by atoms with van der Waals surface area (Å²) < 4.78 is 0. The van der Waals surface area contributed by atoms with Crippen LogP contribution in [0.15, 0.2) is 23.6 Å². The van der Waals surface area contributed by atoms with Crippen molar-refractivity contribution in [2.24, 2.45) is 0 Å². The minimum Gasteiger partial charge on any atom is -0.374 e. The van der Waals surface area contributed by atoms with Gasteiger partial charge < -0.3 is 5.32 Å². The number of hydrogen-bond donors (Lipinski definition) is 1. The van der Waals surface area contributed by atoms with E-state index in [4.69, 9.17) is 5.26 Å². The van der Waals surface area contributed by atoms with Crippen LogP contribution in [0.4, 0.5) is 11.4 Å². The van der Waals surface area contributed by atoms with Crippen molar-refractivity contribution in [3.63, 3.8) is 0 Å². The Balaban J connectivity index is 2.20. The number of benzene rings is 1. The van der Waals surface area contributed by atoms with E-state index >= 15 is 0 Å². The highest BCUT2D eigenvalue weighted by Gasteiger charge is 2.14. The molecule has 0 aliphatic carbocycles. The maximum Gasteiger partial charge on any atom is 0.293 e. The van der Waals surface area contributed by atoms with Crippen LogP contribution in [0.25, 0.3) is 0 Å². The predicted octanol–water partition coefficient (Wildman–Crippen LogP) is 2.84. The number of rotatable bonds is 4. The molecule has 0 atom stereocenters. The quantitative estimate of drug-likeness (QED) is 0.683. The standard InChI is InChI=1S/C12H10N4O2S/c1-8-15-10(7-19-8)6-14-11-3-2-9(5-13)4-12(11)16(17)18/h2-4,7,14H,6H2,1H3. The van der Waals surface area contributed by atoms with Crippen molar-refractivity contribution in [3.8, 4) is 6.07 Å². The van der Waals surface area contributed by atoms with E-state index in [1.54, 1.807) is 6.07 Å². The van der Waals surface area contributed by atoms with E-state index < -0.39 is 4.92 Å². The molecule has 2 aromatic rings. The van der Waals surface area contributed by atoms with Crippen molar-refractivity contribution in [2.45, 2.75) is 13.5 Å². The summed E-state index contributed by atoms with van der Waals surface area (Å²) in [6.07, 6.45) is 0. The zero-order valence-electron chi connectivity index (χ0n) is 10.1. The van der Waals surface area contributed by atoms with Gasteiger partial charge in [0.05, 0.1) is 33.8 Å². The van der Waals surface area contributed by atoms with Gasteiger partial charge in [0.15, 0.2) is 0 Å². The fourth-order valence-corrected chi connectivity index (χ4v) is 2.19. The molecule has 2 rings (SSSR count). The normalized spacial score (nSPS) is 9.89. The first-order chi connectivity index (χ1) is 9.10. The zero-order valence-corrected chi connectivity index (χ0v) is 10.9. The third-order valence-corrected chi connectivity index (χ3v) is 3.27. The maximum atomic E-state index is 10.9. The lowest BCUT2D eigenvalue weighted by molar-refractivity contribution is -0.384. The van der Waals surface area contributed by atoms with Crippen LogP contribution in [-0.2, 0) is 6.54 Å². The Morgan fingerprint density at radius 3 is 2.95 bits per heavy atom. The number of thiazole rings is 1. The van der Waals surface area contributed by atoms with E-state index in [0.717, 1.165) is 10.7 Å². The zero-order chi connectivity index (χ0) is 13.8. The van der Waals surface area contributed by atoms with E-state index in [-0.39, 0.29) is 11.3 Å². The van der Waals surface area contributed by atoms with Crippen LogP contribution in [0.3, 0.4) is 0 Å². The average Bonchev–Trinajstić information content (AvgIpc) is 2.82. The Hall–Kier alpha value is -2.46. The van der Waals surface area contributed by atoms with E-state index in [0.29, 0.717) is 12.2 Å². The second-order valence-corrected chi connectivity index (χ2v) is 4.87.